The van der Waals surface area contributed by atoms with Gasteiger partial charge in [-0.1, -0.05) is 25.1 Å². The van der Waals surface area contributed by atoms with E-state index in [0.717, 1.165) is 19.3 Å². The summed E-state index contributed by atoms with van der Waals surface area (Å²) in [5, 5.41) is 0.312. The van der Waals surface area contributed by atoms with Gasteiger partial charge in [-0.3, -0.25) is 4.79 Å². The lowest BCUT2D eigenvalue weighted by atomic mass is 10.3. The third-order valence-corrected chi connectivity index (χ3v) is 1.62. The van der Waals surface area contributed by atoms with Crippen molar-refractivity contribution in [2.75, 3.05) is 6.26 Å². The van der Waals surface area contributed by atoms with Crippen molar-refractivity contribution in [2.45, 2.75) is 26.2 Å². The van der Waals surface area contributed by atoms with Crippen molar-refractivity contribution < 1.29 is 4.79 Å². The van der Waals surface area contributed by atoms with Crippen LogP contribution >= 0.6 is 11.8 Å². The number of thioether (sulfide) groups is 1. The highest BCUT2D eigenvalue weighted by Gasteiger charge is 1.94. The van der Waals surface area contributed by atoms with Crippen LogP contribution in [-0.4, -0.2) is 11.4 Å². The lowest BCUT2D eigenvalue weighted by Gasteiger charge is -1.90. The molecule has 0 rings (SSSR count). The molecule has 0 heterocycles. The molecule has 2 heteroatoms. The summed E-state index contributed by atoms with van der Waals surface area (Å²) in [5.41, 5.74) is 0. The Morgan fingerprint density at radius 2 is 2.25 bits per heavy atom. The van der Waals surface area contributed by atoms with Crippen molar-refractivity contribution in [1.29, 1.82) is 0 Å². The first-order valence-electron chi connectivity index (χ1n) is 2.88. The van der Waals surface area contributed by atoms with Crippen LogP contribution < -0.4 is 0 Å². The van der Waals surface area contributed by atoms with Crippen LogP contribution in [0.5, 0.6) is 0 Å². The van der Waals surface area contributed by atoms with Gasteiger partial charge >= 0.3 is 0 Å². The van der Waals surface area contributed by atoms with Crippen LogP contribution in [0.4, 0.5) is 0 Å². The number of hydrogen-bond acceptors (Lipinski definition) is 2. The minimum absolute atomic E-state index is 0.312. The van der Waals surface area contributed by atoms with Crippen LogP contribution in [-0.2, 0) is 4.79 Å². The fourth-order valence-electron chi connectivity index (χ4n) is 0.423. The van der Waals surface area contributed by atoms with Gasteiger partial charge in [0.1, 0.15) is 0 Å². The number of hydrogen-bond donors (Lipinski definition) is 0. The number of unbranched alkanes of at least 4 members (excludes halogenated alkanes) is 1. The Morgan fingerprint density at radius 3 is 2.62 bits per heavy atom. The summed E-state index contributed by atoms with van der Waals surface area (Å²) in [7, 11) is 0. The zero-order chi connectivity index (χ0) is 6.41. The van der Waals surface area contributed by atoms with Gasteiger partial charge in [0.15, 0.2) is 5.12 Å². The van der Waals surface area contributed by atoms with Crippen LogP contribution in [0.15, 0.2) is 0 Å². The molecule has 8 heavy (non-hydrogen) atoms. The maximum Gasteiger partial charge on any atom is 0.188 e. The van der Waals surface area contributed by atoms with Gasteiger partial charge in [-0.25, -0.2) is 0 Å². The predicted molar refractivity (Wildman–Crippen MR) is 38.0 cm³/mol. The molecular formula is C6H12OS. The molecule has 0 N–H and O–H groups in total. The van der Waals surface area contributed by atoms with E-state index in [-0.39, 0.29) is 0 Å². The fraction of sp³-hybridized carbons (Fsp3) is 0.833. The minimum Gasteiger partial charge on any atom is -0.287 e. The molecule has 0 aromatic heterocycles. The van der Waals surface area contributed by atoms with Crippen molar-refractivity contribution >= 4 is 16.9 Å². The van der Waals surface area contributed by atoms with Crippen LogP contribution in [0, 0.1) is 0 Å². The molecule has 0 aliphatic rings. The van der Waals surface area contributed by atoms with Gasteiger partial charge in [-0.15, -0.1) is 0 Å². The minimum atomic E-state index is 0.312. The van der Waals surface area contributed by atoms with E-state index in [4.69, 9.17) is 0 Å². The lowest BCUT2D eigenvalue weighted by Crippen LogP contribution is -1.87. The molecule has 0 aliphatic carbocycles. The van der Waals surface area contributed by atoms with Crippen molar-refractivity contribution in [3.8, 4) is 0 Å². The van der Waals surface area contributed by atoms with Gasteiger partial charge in [0.25, 0.3) is 0 Å². The second kappa shape index (κ2) is 5.16. The van der Waals surface area contributed by atoms with E-state index >= 15 is 0 Å². The van der Waals surface area contributed by atoms with Crippen molar-refractivity contribution in [3.63, 3.8) is 0 Å². The Balaban J connectivity index is 2.99. The SMILES string of the molecule is CCCCC(=O)SC. The molecule has 0 bridgehead atoms. The molecule has 0 saturated carbocycles. The second-order valence-corrected chi connectivity index (χ2v) is 2.54. The summed E-state index contributed by atoms with van der Waals surface area (Å²) < 4.78 is 0. The van der Waals surface area contributed by atoms with Gasteiger partial charge in [-0.05, 0) is 12.7 Å². The molecule has 0 aliphatic heterocycles. The quantitative estimate of drug-likeness (QED) is 0.584. The predicted octanol–water partition coefficient (Wildman–Crippen LogP) is 2.07. The average molecular weight is 132 g/mol. The molecule has 48 valence electrons. The van der Waals surface area contributed by atoms with Crippen LogP contribution in [0.3, 0.4) is 0 Å². The molecule has 0 aromatic rings. The van der Waals surface area contributed by atoms with Gasteiger partial charge in [-0.2, -0.15) is 0 Å². The zero-order valence-corrected chi connectivity index (χ0v) is 6.25. The molecule has 0 atom stereocenters. The smallest absolute Gasteiger partial charge is 0.188 e. The van der Waals surface area contributed by atoms with Crippen LogP contribution in [0.25, 0.3) is 0 Å². The summed E-state index contributed by atoms with van der Waals surface area (Å²) in [6.45, 7) is 2.09. The third kappa shape index (κ3) is 4.19. The monoisotopic (exact) mass is 132 g/mol. The molecular weight excluding hydrogens is 120 g/mol. The largest absolute Gasteiger partial charge is 0.287 e. The van der Waals surface area contributed by atoms with Gasteiger partial charge in [0.05, 0.1) is 0 Å². The first kappa shape index (κ1) is 8.02. The van der Waals surface area contributed by atoms with E-state index in [2.05, 4.69) is 6.92 Å². The molecule has 0 spiro atoms. The average Bonchev–Trinajstić information content (AvgIpc) is 1.83. The summed E-state index contributed by atoms with van der Waals surface area (Å²) in [4.78, 5) is 10.5. The highest BCUT2D eigenvalue weighted by Crippen LogP contribution is 2.03. The maximum absolute atomic E-state index is 10.5. The topological polar surface area (TPSA) is 17.1 Å². The Bertz CT molecular complexity index is 70.9. The normalized spacial score (nSPS) is 9.25. The first-order chi connectivity index (χ1) is 3.81. The summed E-state index contributed by atoms with van der Waals surface area (Å²) in [6, 6.07) is 0. The second-order valence-electron chi connectivity index (χ2n) is 1.68. The first-order valence-corrected chi connectivity index (χ1v) is 4.10. The highest BCUT2D eigenvalue weighted by atomic mass is 32.2. The van der Waals surface area contributed by atoms with Gasteiger partial charge in [0.2, 0.25) is 0 Å². The molecule has 0 aromatic carbocycles. The molecule has 0 fully saturated rings. The van der Waals surface area contributed by atoms with E-state index in [0.29, 0.717) is 5.12 Å². The van der Waals surface area contributed by atoms with Crippen LogP contribution in [0.2, 0.25) is 0 Å². The fourth-order valence-corrected chi connectivity index (χ4v) is 0.772. The van der Waals surface area contributed by atoms with Crippen molar-refractivity contribution in [1.82, 2.24) is 0 Å². The number of carbonyl (C=O) groups is 1. The van der Waals surface area contributed by atoms with Crippen molar-refractivity contribution in [2.24, 2.45) is 0 Å². The Hall–Kier alpha value is 0.0200. The molecule has 0 amide bonds. The highest BCUT2D eigenvalue weighted by molar-refractivity contribution is 8.13. The van der Waals surface area contributed by atoms with E-state index in [1.807, 2.05) is 6.26 Å². The summed E-state index contributed by atoms with van der Waals surface area (Å²) >= 11 is 1.33. The Morgan fingerprint density at radius 1 is 1.62 bits per heavy atom. The van der Waals surface area contributed by atoms with Gasteiger partial charge in [0, 0.05) is 6.42 Å². The lowest BCUT2D eigenvalue weighted by molar-refractivity contribution is -0.111. The Kier molecular flexibility index (Phi) is 5.18. The summed E-state index contributed by atoms with van der Waals surface area (Å²) in [6.07, 6.45) is 4.74. The standard InChI is InChI=1S/C6H12OS/c1-3-4-5-6(7)8-2/h3-5H2,1-2H3. The van der Waals surface area contributed by atoms with E-state index in [9.17, 15) is 4.79 Å². The van der Waals surface area contributed by atoms with Crippen molar-refractivity contribution in [3.05, 3.63) is 0 Å². The molecule has 0 unspecified atom stereocenters. The molecule has 0 saturated heterocycles. The summed E-state index contributed by atoms with van der Waals surface area (Å²) in [5.74, 6) is 0. The third-order valence-electron chi connectivity index (χ3n) is 0.962. The Labute approximate surface area is 54.8 Å². The van der Waals surface area contributed by atoms with Crippen LogP contribution in [0.1, 0.15) is 26.2 Å². The number of rotatable bonds is 3. The van der Waals surface area contributed by atoms with E-state index in [1.165, 1.54) is 11.8 Å². The number of carbonyl (C=O) groups excluding carboxylic acids is 1. The van der Waals surface area contributed by atoms with E-state index < -0.39 is 0 Å². The maximum atomic E-state index is 10.5. The molecule has 1 nitrogen and oxygen atoms in total. The van der Waals surface area contributed by atoms with E-state index in [1.54, 1.807) is 0 Å². The zero-order valence-electron chi connectivity index (χ0n) is 5.44. The molecule has 0 radical (unpaired) electrons. The van der Waals surface area contributed by atoms with Gasteiger partial charge < -0.3 is 0 Å².